The first-order valence-corrected chi connectivity index (χ1v) is 2.37. The average Bonchev–Trinajstić information content (AvgIpc) is 2.19. The molecule has 1 rings (SSSR count). The van der Waals surface area contributed by atoms with Crippen LogP contribution in [0.15, 0.2) is 0 Å². The van der Waals surface area contributed by atoms with Crippen LogP contribution in [0.25, 0.3) is 0 Å². The normalized spacial score (nSPS) is 36.9. The van der Waals surface area contributed by atoms with Crippen LogP contribution in [0.5, 0.6) is 0 Å². The van der Waals surface area contributed by atoms with E-state index < -0.39 is 0 Å². The van der Waals surface area contributed by atoms with Gasteiger partial charge in [0.25, 0.3) is 0 Å². The summed E-state index contributed by atoms with van der Waals surface area (Å²) >= 11 is 0. The standard InChI is InChI=1S/C5H10N.Y/c1-4-3-5(4)6-2;/h3-6H,1-2H3;/q-1;/t4-,5+;/m1./s1. The van der Waals surface area contributed by atoms with Crippen molar-refractivity contribution in [3.05, 3.63) is 6.42 Å². The van der Waals surface area contributed by atoms with Crippen LogP contribution in [0.3, 0.4) is 0 Å². The predicted molar refractivity (Wildman–Crippen MR) is 26.3 cm³/mol. The maximum absolute atomic E-state index is 3.13. The largest absolute Gasteiger partial charge is 0.348 e. The quantitative estimate of drug-likeness (QED) is 0.567. The fourth-order valence-electron chi connectivity index (χ4n) is 0.622. The van der Waals surface area contributed by atoms with Crippen LogP contribution in [0, 0.1) is 12.3 Å². The van der Waals surface area contributed by atoms with Gasteiger partial charge >= 0.3 is 0 Å². The molecule has 1 aliphatic rings. The van der Waals surface area contributed by atoms with E-state index in [2.05, 4.69) is 18.7 Å². The summed E-state index contributed by atoms with van der Waals surface area (Å²) in [6.07, 6.45) is 2.28. The van der Waals surface area contributed by atoms with Crippen molar-refractivity contribution in [2.24, 2.45) is 5.92 Å². The monoisotopic (exact) mass is 173 g/mol. The van der Waals surface area contributed by atoms with Crippen molar-refractivity contribution in [3.63, 3.8) is 0 Å². The summed E-state index contributed by atoms with van der Waals surface area (Å²) in [4.78, 5) is 0. The van der Waals surface area contributed by atoms with Crippen LogP contribution in [-0.4, -0.2) is 13.1 Å². The van der Waals surface area contributed by atoms with Gasteiger partial charge in [-0.25, -0.2) is 0 Å². The Morgan fingerprint density at radius 1 is 1.57 bits per heavy atom. The Morgan fingerprint density at radius 3 is 2.00 bits per heavy atom. The number of hydrogen-bond acceptors (Lipinski definition) is 1. The zero-order valence-corrected chi connectivity index (χ0v) is 7.65. The Balaban J connectivity index is 0.000000360. The molecule has 0 aromatic rings. The maximum Gasteiger partial charge on any atom is 0 e. The molecule has 1 aliphatic carbocycles. The Hall–Kier alpha value is 1.06. The second-order valence-electron chi connectivity index (χ2n) is 1.87. The fourth-order valence-corrected chi connectivity index (χ4v) is 0.622. The van der Waals surface area contributed by atoms with Crippen LogP contribution >= 0.6 is 0 Å². The number of nitrogens with one attached hydrogen (secondary N) is 1. The summed E-state index contributed by atoms with van der Waals surface area (Å²) in [5, 5.41) is 3.13. The Morgan fingerprint density at radius 2 is 2.00 bits per heavy atom. The Labute approximate surface area is 70.1 Å². The summed E-state index contributed by atoms with van der Waals surface area (Å²) in [5.74, 6) is 0.829. The van der Waals surface area contributed by atoms with Gasteiger partial charge < -0.3 is 11.7 Å². The third-order valence-electron chi connectivity index (χ3n) is 1.27. The zero-order chi connectivity index (χ0) is 4.57. The van der Waals surface area contributed by atoms with E-state index in [4.69, 9.17) is 0 Å². The van der Waals surface area contributed by atoms with Crippen molar-refractivity contribution in [1.29, 1.82) is 0 Å². The molecule has 0 heterocycles. The van der Waals surface area contributed by atoms with E-state index >= 15 is 0 Å². The van der Waals surface area contributed by atoms with Crippen molar-refractivity contribution in [3.8, 4) is 0 Å². The molecule has 0 aromatic heterocycles. The predicted octanol–water partition coefficient (Wildman–Crippen LogP) is 0.426. The Bertz CT molecular complexity index is 54.0. The summed E-state index contributed by atoms with van der Waals surface area (Å²) < 4.78 is 0. The van der Waals surface area contributed by atoms with E-state index in [9.17, 15) is 0 Å². The van der Waals surface area contributed by atoms with Crippen molar-refractivity contribution >= 4 is 0 Å². The third-order valence-corrected chi connectivity index (χ3v) is 1.27. The molecule has 1 N–H and O–H groups in total. The van der Waals surface area contributed by atoms with Crippen LogP contribution in [0.4, 0.5) is 0 Å². The summed E-state index contributed by atoms with van der Waals surface area (Å²) in [6.45, 7) is 2.21. The molecule has 1 fully saturated rings. The van der Waals surface area contributed by atoms with Crippen LogP contribution in [0.1, 0.15) is 6.92 Å². The molecular formula is C5H10NY-. The molecule has 0 unspecified atom stereocenters. The molecular weight excluding hydrogens is 163 g/mol. The number of rotatable bonds is 1. The van der Waals surface area contributed by atoms with E-state index in [-0.39, 0.29) is 32.7 Å². The molecule has 0 saturated heterocycles. The van der Waals surface area contributed by atoms with Gasteiger partial charge in [0, 0.05) is 32.7 Å². The van der Waals surface area contributed by atoms with Crippen molar-refractivity contribution in [2.45, 2.75) is 13.0 Å². The average molecular weight is 173 g/mol. The first kappa shape index (κ1) is 8.06. The zero-order valence-electron chi connectivity index (χ0n) is 4.81. The first-order chi connectivity index (χ1) is 2.84. The molecule has 1 radical (unpaired) electrons. The van der Waals surface area contributed by atoms with Gasteiger partial charge in [-0.05, 0) is 7.05 Å². The Kier molecular flexibility index (Phi) is 3.64. The first-order valence-electron chi connectivity index (χ1n) is 2.37. The SMILES string of the molecule is CN[C@H]1[CH-][C@H]1C.[Y]. The molecule has 1 saturated carbocycles. The minimum atomic E-state index is 0. The molecule has 2 heteroatoms. The van der Waals surface area contributed by atoms with E-state index in [1.165, 1.54) is 0 Å². The second kappa shape index (κ2) is 3.16. The van der Waals surface area contributed by atoms with Gasteiger partial charge in [0.15, 0.2) is 0 Å². The van der Waals surface area contributed by atoms with Gasteiger partial charge in [0.2, 0.25) is 0 Å². The van der Waals surface area contributed by atoms with Gasteiger partial charge in [0.1, 0.15) is 0 Å². The van der Waals surface area contributed by atoms with Crippen molar-refractivity contribution < 1.29 is 32.7 Å². The minimum Gasteiger partial charge on any atom is -0.348 e. The van der Waals surface area contributed by atoms with Crippen LogP contribution in [0.2, 0.25) is 0 Å². The topological polar surface area (TPSA) is 12.0 Å². The van der Waals surface area contributed by atoms with Gasteiger partial charge in [-0.3, -0.25) is 0 Å². The number of hydrogen-bond donors (Lipinski definition) is 1. The molecule has 0 aromatic carbocycles. The van der Waals surface area contributed by atoms with Crippen LogP contribution < -0.4 is 5.32 Å². The fraction of sp³-hybridized carbons (Fsp3) is 0.800. The summed E-state index contributed by atoms with van der Waals surface area (Å²) in [6, 6.07) is 0.727. The molecule has 0 spiro atoms. The molecule has 2 atom stereocenters. The molecule has 39 valence electrons. The van der Waals surface area contributed by atoms with E-state index in [0.29, 0.717) is 0 Å². The molecule has 0 aliphatic heterocycles. The molecule has 0 bridgehead atoms. The minimum absolute atomic E-state index is 0. The van der Waals surface area contributed by atoms with Crippen molar-refractivity contribution in [1.82, 2.24) is 5.32 Å². The third kappa shape index (κ3) is 2.20. The molecule has 1 nitrogen and oxygen atoms in total. The van der Waals surface area contributed by atoms with Crippen LogP contribution in [-0.2, 0) is 32.7 Å². The van der Waals surface area contributed by atoms with E-state index in [1.807, 2.05) is 7.05 Å². The van der Waals surface area contributed by atoms with Gasteiger partial charge in [0.05, 0.1) is 0 Å². The summed E-state index contributed by atoms with van der Waals surface area (Å²) in [5.41, 5.74) is 0. The summed E-state index contributed by atoms with van der Waals surface area (Å²) in [7, 11) is 1.99. The van der Waals surface area contributed by atoms with E-state index in [0.717, 1.165) is 12.0 Å². The maximum atomic E-state index is 3.13. The van der Waals surface area contributed by atoms with E-state index in [1.54, 1.807) is 0 Å². The van der Waals surface area contributed by atoms with Gasteiger partial charge in [-0.15, -0.1) is 6.04 Å². The second-order valence-corrected chi connectivity index (χ2v) is 1.87. The smallest absolute Gasteiger partial charge is 0 e. The van der Waals surface area contributed by atoms with Gasteiger partial charge in [-0.2, -0.15) is 5.92 Å². The van der Waals surface area contributed by atoms with Gasteiger partial charge in [-0.1, -0.05) is 6.92 Å². The van der Waals surface area contributed by atoms with Crippen molar-refractivity contribution in [2.75, 3.05) is 7.05 Å². The molecule has 7 heavy (non-hydrogen) atoms. The molecule has 0 amide bonds.